The smallest absolute Gasteiger partial charge is 0.251 e. The van der Waals surface area contributed by atoms with Crippen LogP contribution in [0.2, 0.25) is 0 Å². The number of aryl methyl sites for hydroxylation is 5. The molecular formula is C32H39N3O2. The molecule has 1 heterocycles. The predicted molar refractivity (Wildman–Crippen MR) is 151 cm³/mol. The number of para-hydroxylation sites is 3. The molecule has 0 saturated heterocycles. The minimum Gasteiger partial charge on any atom is -0.493 e. The van der Waals surface area contributed by atoms with Crippen LogP contribution in [-0.4, -0.2) is 28.6 Å². The Balaban J connectivity index is 1.23. The number of imidazole rings is 1. The molecule has 3 aromatic carbocycles. The summed E-state index contributed by atoms with van der Waals surface area (Å²) in [5.41, 5.74) is 6.49. The van der Waals surface area contributed by atoms with Crippen molar-refractivity contribution in [2.45, 2.75) is 65.8 Å². The fraction of sp³-hybridized carbons (Fsp3) is 0.375. The second-order valence-corrected chi connectivity index (χ2v) is 9.88. The number of rotatable bonds is 13. The second kappa shape index (κ2) is 13.1. The van der Waals surface area contributed by atoms with E-state index in [-0.39, 0.29) is 5.91 Å². The lowest BCUT2D eigenvalue weighted by atomic mass is 10.1. The Labute approximate surface area is 220 Å². The van der Waals surface area contributed by atoms with Gasteiger partial charge in [0.05, 0.1) is 17.6 Å². The van der Waals surface area contributed by atoms with E-state index in [9.17, 15) is 4.79 Å². The van der Waals surface area contributed by atoms with Crippen LogP contribution in [0.4, 0.5) is 0 Å². The van der Waals surface area contributed by atoms with Crippen molar-refractivity contribution in [1.82, 2.24) is 14.9 Å². The molecule has 4 aromatic rings. The fourth-order valence-electron chi connectivity index (χ4n) is 4.81. The lowest BCUT2D eigenvalue weighted by molar-refractivity contribution is 0.0953. The summed E-state index contributed by atoms with van der Waals surface area (Å²) in [6.45, 7) is 8.57. The number of nitrogens with one attached hydrogen (secondary N) is 1. The van der Waals surface area contributed by atoms with E-state index in [0.29, 0.717) is 6.54 Å². The number of hydrogen-bond acceptors (Lipinski definition) is 3. The summed E-state index contributed by atoms with van der Waals surface area (Å²) in [7, 11) is 0. The normalized spacial score (nSPS) is 11.1. The number of benzene rings is 3. The number of unbranched alkanes of at least 4 members (excludes halogenated alkanes) is 3. The summed E-state index contributed by atoms with van der Waals surface area (Å²) in [5.74, 6) is 2.18. The van der Waals surface area contributed by atoms with Crippen molar-refractivity contribution in [3.05, 3.63) is 94.8 Å². The lowest BCUT2D eigenvalue weighted by Crippen LogP contribution is -2.24. The number of hydrogen-bond donors (Lipinski definition) is 1. The molecule has 37 heavy (non-hydrogen) atoms. The van der Waals surface area contributed by atoms with E-state index < -0.39 is 0 Å². The Morgan fingerprint density at radius 1 is 0.865 bits per heavy atom. The monoisotopic (exact) mass is 497 g/mol. The zero-order valence-electron chi connectivity index (χ0n) is 22.4. The van der Waals surface area contributed by atoms with Crippen molar-refractivity contribution in [2.75, 3.05) is 13.2 Å². The van der Waals surface area contributed by atoms with Crippen LogP contribution in [-0.2, 0) is 13.0 Å². The van der Waals surface area contributed by atoms with Crippen LogP contribution in [0.5, 0.6) is 5.75 Å². The van der Waals surface area contributed by atoms with Gasteiger partial charge in [-0.25, -0.2) is 4.98 Å². The summed E-state index contributed by atoms with van der Waals surface area (Å²) in [4.78, 5) is 17.3. The van der Waals surface area contributed by atoms with E-state index in [1.54, 1.807) is 0 Å². The van der Waals surface area contributed by atoms with Gasteiger partial charge in [0.15, 0.2) is 0 Å². The molecule has 0 atom stereocenters. The predicted octanol–water partition coefficient (Wildman–Crippen LogP) is 6.96. The van der Waals surface area contributed by atoms with Gasteiger partial charge in [-0.2, -0.15) is 0 Å². The molecule has 1 N–H and O–H groups in total. The highest BCUT2D eigenvalue weighted by molar-refractivity contribution is 5.94. The van der Waals surface area contributed by atoms with Gasteiger partial charge in [0, 0.05) is 25.1 Å². The van der Waals surface area contributed by atoms with Crippen LogP contribution in [0.3, 0.4) is 0 Å². The summed E-state index contributed by atoms with van der Waals surface area (Å²) in [5, 5.41) is 3.04. The maximum Gasteiger partial charge on any atom is 0.251 e. The van der Waals surface area contributed by atoms with Crippen molar-refractivity contribution in [1.29, 1.82) is 0 Å². The third-order valence-corrected chi connectivity index (χ3v) is 6.81. The maximum absolute atomic E-state index is 12.3. The number of ether oxygens (including phenoxy) is 1. The second-order valence-electron chi connectivity index (χ2n) is 9.88. The van der Waals surface area contributed by atoms with E-state index in [1.807, 2.05) is 31.2 Å². The van der Waals surface area contributed by atoms with Crippen molar-refractivity contribution < 1.29 is 9.53 Å². The fourth-order valence-corrected chi connectivity index (χ4v) is 4.81. The Bertz CT molecular complexity index is 1300. The molecule has 0 saturated carbocycles. The number of nitrogens with zero attached hydrogens (tertiary/aromatic N) is 2. The average molecular weight is 498 g/mol. The van der Waals surface area contributed by atoms with Crippen LogP contribution >= 0.6 is 0 Å². The molecule has 0 aliphatic carbocycles. The molecule has 1 aromatic heterocycles. The number of aromatic nitrogens is 2. The van der Waals surface area contributed by atoms with Crippen LogP contribution in [0.25, 0.3) is 11.0 Å². The molecule has 4 rings (SSSR count). The van der Waals surface area contributed by atoms with Gasteiger partial charge in [0.2, 0.25) is 0 Å². The highest BCUT2D eigenvalue weighted by atomic mass is 16.5. The number of carbonyl (C=O) groups is 1. The van der Waals surface area contributed by atoms with Gasteiger partial charge in [0.1, 0.15) is 11.6 Å². The third-order valence-electron chi connectivity index (χ3n) is 6.81. The van der Waals surface area contributed by atoms with Gasteiger partial charge in [-0.3, -0.25) is 4.79 Å². The van der Waals surface area contributed by atoms with Crippen LogP contribution in [0.15, 0.2) is 66.7 Å². The molecule has 0 spiro atoms. The highest BCUT2D eigenvalue weighted by Crippen LogP contribution is 2.23. The summed E-state index contributed by atoms with van der Waals surface area (Å²) < 4.78 is 8.49. The highest BCUT2D eigenvalue weighted by Gasteiger charge is 2.11. The number of carbonyl (C=O) groups excluding carboxylic acids is 1. The van der Waals surface area contributed by atoms with E-state index in [2.05, 4.69) is 66.2 Å². The van der Waals surface area contributed by atoms with Gasteiger partial charge < -0.3 is 14.6 Å². The van der Waals surface area contributed by atoms with Gasteiger partial charge >= 0.3 is 0 Å². The molecule has 0 radical (unpaired) electrons. The summed E-state index contributed by atoms with van der Waals surface area (Å²) in [6, 6.07) is 22.4. The molecule has 5 heteroatoms. The van der Waals surface area contributed by atoms with Crippen LogP contribution < -0.4 is 10.1 Å². The van der Waals surface area contributed by atoms with Gasteiger partial charge in [-0.1, -0.05) is 54.4 Å². The van der Waals surface area contributed by atoms with E-state index >= 15 is 0 Å². The molecule has 1 amide bonds. The lowest BCUT2D eigenvalue weighted by Gasteiger charge is -2.13. The quantitative estimate of drug-likeness (QED) is 0.203. The van der Waals surface area contributed by atoms with Crippen molar-refractivity contribution in [2.24, 2.45) is 0 Å². The molecule has 0 aliphatic rings. The molecule has 0 aliphatic heterocycles. The van der Waals surface area contributed by atoms with Gasteiger partial charge in [0.25, 0.3) is 5.91 Å². The minimum atomic E-state index is 0.00653. The molecule has 194 valence electrons. The first kappa shape index (κ1) is 26.5. The van der Waals surface area contributed by atoms with E-state index in [1.165, 1.54) is 16.6 Å². The molecule has 0 unspecified atom stereocenters. The Kier molecular flexibility index (Phi) is 9.36. The average Bonchev–Trinajstić information content (AvgIpc) is 3.24. The number of fused-ring (bicyclic) bond motifs is 1. The third kappa shape index (κ3) is 7.22. The largest absolute Gasteiger partial charge is 0.493 e. The van der Waals surface area contributed by atoms with E-state index in [0.717, 1.165) is 79.9 Å². The van der Waals surface area contributed by atoms with Crippen molar-refractivity contribution in [3.8, 4) is 5.75 Å². The van der Waals surface area contributed by atoms with E-state index in [4.69, 9.17) is 9.72 Å². The molecule has 0 bridgehead atoms. The number of amides is 1. The Morgan fingerprint density at radius 2 is 1.65 bits per heavy atom. The first-order valence-electron chi connectivity index (χ1n) is 13.5. The summed E-state index contributed by atoms with van der Waals surface area (Å²) >= 11 is 0. The van der Waals surface area contributed by atoms with Crippen LogP contribution in [0.1, 0.15) is 65.0 Å². The standard InChI is InChI=1S/C32H39N3O2/c1-24-13-11-16-27(23-24)32(36)33-20-8-4-5-19-30-34-28-17-6-7-18-29(28)35(30)21-9-10-22-37-31-25(2)14-12-15-26(31)3/h6-7,11-18,23H,4-5,8-10,19-22H2,1-3H3,(H,33,36). The first-order valence-corrected chi connectivity index (χ1v) is 13.5. The molecule has 0 fully saturated rings. The summed E-state index contributed by atoms with van der Waals surface area (Å²) in [6.07, 6.45) is 6.07. The van der Waals surface area contributed by atoms with Crippen molar-refractivity contribution >= 4 is 16.9 Å². The molecular weight excluding hydrogens is 458 g/mol. The Hall–Kier alpha value is -3.60. The first-order chi connectivity index (χ1) is 18.0. The zero-order valence-corrected chi connectivity index (χ0v) is 22.4. The SMILES string of the molecule is Cc1cccc(C(=O)NCCCCCc2nc3ccccc3n2CCCCOc2c(C)cccc2C)c1. The minimum absolute atomic E-state index is 0.00653. The van der Waals surface area contributed by atoms with Crippen molar-refractivity contribution in [3.63, 3.8) is 0 Å². The van der Waals surface area contributed by atoms with Gasteiger partial charge in [-0.15, -0.1) is 0 Å². The zero-order chi connectivity index (χ0) is 26.0. The van der Waals surface area contributed by atoms with Crippen LogP contribution in [0, 0.1) is 20.8 Å². The van der Waals surface area contributed by atoms with Gasteiger partial charge in [-0.05, 0) is 81.8 Å². The molecule has 5 nitrogen and oxygen atoms in total. The Morgan fingerprint density at radius 3 is 2.46 bits per heavy atom. The topological polar surface area (TPSA) is 56.2 Å². The maximum atomic E-state index is 12.3.